The summed E-state index contributed by atoms with van der Waals surface area (Å²) < 4.78 is 6.71. The normalized spacial score (nSPS) is 10.5. The van der Waals surface area contributed by atoms with E-state index in [1.54, 1.807) is 44.4 Å². The summed E-state index contributed by atoms with van der Waals surface area (Å²) in [6.07, 6.45) is 1.39. The average molecular weight is 433 g/mol. The molecule has 0 bridgehead atoms. The van der Waals surface area contributed by atoms with Gasteiger partial charge >= 0.3 is 0 Å². The van der Waals surface area contributed by atoms with Gasteiger partial charge in [0.25, 0.3) is 11.1 Å². The molecule has 0 aliphatic heterocycles. The number of hydrogen-bond acceptors (Lipinski definition) is 7. The summed E-state index contributed by atoms with van der Waals surface area (Å²) in [4.78, 5) is 26.8. The highest BCUT2D eigenvalue weighted by Crippen LogP contribution is 2.30. The number of amides is 2. The number of tetrazole rings is 1. The molecule has 11 heteroatoms. The van der Waals surface area contributed by atoms with Crippen molar-refractivity contribution in [3.63, 3.8) is 0 Å². The molecular weight excluding hydrogens is 416 g/mol. The third kappa shape index (κ3) is 4.84. The number of anilines is 1. The summed E-state index contributed by atoms with van der Waals surface area (Å²) in [5.74, 6) is -0.0714. The van der Waals surface area contributed by atoms with Crippen LogP contribution >= 0.6 is 23.4 Å². The summed E-state index contributed by atoms with van der Waals surface area (Å²) in [7, 11) is 4.83. The Labute approximate surface area is 176 Å². The van der Waals surface area contributed by atoms with E-state index in [-0.39, 0.29) is 15.8 Å². The molecule has 2 aromatic carbocycles. The summed E-state index contributed by atoms with van der Waals surface area (Å²) in [6, 6.07) is 10.0. The zero-order valence-electron chi connectivity index (χ0n) is 15.8. The summed E-state index contributed by atoms with van der Waals surface area (Å²) >= 11 is 7.40. The monoisotopic (exact) mass is 432 g/mol. The molecule has 0 saturated heterocycles. The molecule has 9 nitrogen and oxygen atoms in total. The van der Waals surface area contributed by atoms with Crippen molar-refractivity contribution >= 4 is 40.2 Å². The molecule has 0 radical (unpaired) electrons. The maximum absolute atomic E-state index is 12.7. The lowest BCUT2D eigenvalue weighted by Gasteiger charge is -2.13. The molecule has 1 heterocycles. The Hall–Kier alpha value is -3.11. The Morgan fingerprint density at radius 2 is 1.93 bits per heavy atom. The maximum atomic E-state index is 12.7. The van der Waals surface area contributed by atoms with Crippen LogP contribution in [0.15, 0.2) is 47.6 Å². The maximum Gasteiger partial charge on any atom is 0.285 e. The van der Waals surface area contributed by atoms with Gasteiger partial charge in [-0.3, -0.25) is 9.59 Å². The van der Waals surface area contributed by atoms with Crippen LogP contribution in [0, 0.1) is 0 Å². The highest BCUT2D eigenvalue weighted by Gasteiger charge is 2.18. The van der Waals surface area contributed by atoms with E-state index in [4.69, 9.17) is 16.3 Å². The second kappa shape index (κ2) is 8.93. The number of carbonyl (C=O) groups is 2. The van der Waals surface area contributed by atoms with Gasteiger partial charge in [0.1, 0.15) is 12.1 Å². The lowest BCUT2D eigenvalue weighted by molar-refractivity contribution is 0.102. The molecule has 1 N–H and O–H groups in total. The largest absolute Gasteiger partial charge is 0.496 e. The molecule has 3 aromatic rings. The SMILES string of the molecule is COc1cc(-n2cnnn2)c(Cl)cc1C(=O)Nc1ccc(SC(=O)N(C)C)cc1. The molecular formula is C18H17ClN6O3S. The van der Waals surface area contributed by atoms with Gasteiger partial charge in [-0.2, -0.15) is 4.68 Å². The smallest absolute Gasteiger partial charge is 0.285 e. The van der Waals surface area contributed by atoms with Crippen LogP contribution in [-0.4, -0.2) is 57.5 Å². The van der Waals surface area contributed by atoms with E-state index in [2.05, 4.69) is 20.8 Å². The number of benzene rings is 2. The van der Waals surface area contributed by atoms with Gasteiger partial charge in [0.15, 0.2) is 0 Å². The van der Waals surface area contributed by atoms with E-state index in [1.807, 2.05) is 0 Å². The van der Waals surface area contributed by atoms with Crippen molar-refractivity contribution < 1.29 is 14.3 Å². The number of thioether (sulfide) groups is 1. The van der Waals surface area contributed by atoms with Gasteiger partial charge in [0.2, 0.25) is 0 Å². The van der Waals surface area contributed by atoms with Crippen LogP contribution < -0.4 is 10.1 Å². The van der Waals surface area contributed by atoms with E-state index < -0.39 is 5.91 Å². The van der Waals surface area contributed by atoms with E-state index in [1.165, 1.54) is 29.1 Å². The molecule has 0 unspecified atom stereocenters. The first-order valence-corrected chi connectivity index (χ1v) is 9.50. The number of nitrogens with one attached hydrogen (secondary N) is 1. The molecule has 0 fully saturated rings. The number of aromatic nitrogens is 4. The van der Waals surface area contributed by atoms with Crippen LogP contribution in [0.3, 0.4) is 0 Å². The summed E-state index contributed by atoms with van der Waals surface area (Å²) in [5, 5.41) is 13.9. The van der Waals surface area contributed by atoms with Gasteiger partial charge in [0, 0.05) is 30.7 Å². The number of nitrogens with zero attached hydrogens (tertiary/aromatic N) is 5. The minimum Gasteiger partial charge on any atom is -0.496 e. The van der Waals surface area contributed by atoms with Crippen molar-refractivity contribution in [2.75, 3.05) is 26.5 Å². The number of ether oxygens (including phenoxy) is 1. The number of halogens is 1. The van der Waals surface area contributed by atoms with Crippen molar-refractivity contribution in [2.45, 2.75) is 4.90 Å². The predicted octanol–water partition coefficient (Wildman–Crippen LogP) is 3.35. The van der Waals surface area contributed by atoms with Crippen molar-refractivity contribution in [3.05, 3.63) is 53.3 Å². The lowest BCUT2D eigenvalue weighted by atomic mass is 10.1. The van der Waals surface area contributed by atoms with E-state index in [0.29, 0.717) is 17.1 Å². The van der Waals surface area contributed by atoms with Crippen LogP contribution in [0.1, 0.15) is 10.4 Å². The molecule has 3 rings (SSSR count). The second-order valence-corrected chi connectivity index (χ2v) is 7.43. The zero-order valence-corrected chi connectivity index (χ0v) is 17.4. The Bertz CT molecular complexity index is 1020. The van der Waals surface area contributed by atoms with Crippen molar-refractivity contribution in [1.29, 1.82) is 0 Å². The molecule has 1 aromatic heterocycles. The van der Waals surface area contributed by atoms with E-state index in [0.717, 1.165) is 16.7 Å². The van der Waals surface area contributed by atoms with Gasteiger partial charge in [-0.05, 0) is 52.5 Å². The first kappa shape index (κ1) is 20.6. The molecule has 0 atom stereocenters. The number of carbonyl (C=O) groups excluding carboxylic acids is 2. The minimum absolute atomic E-state index is 0.0798. The van der Waals surface area contributed by atoms with Crippen LogP contribution in [-0.2, 0) is 0 Å². The van der Waals surface area contributed by atoms with Crippen molar-refractivity contribution in [3.8, 4) is 11.4 Å². The van der Waals surface area contributed by atoms with Gasteiger partial charge in [-0.1, -0.05) is 11.6 Å². The van der Waals surface area contributed by atoms with Crippen LogP contribution in [0.4, 0.5) is 10.5 Å². The molecule has 150 valence electrons. The average Bonchev–Trinajstić information content (AvgIpc) is 3.23. The quantitative estimate of drug-likeness (QED) is 0.616. The summed E-state index contributed by atoms with van der Waals surface area (Å²) in [6.45, 7) is 0. The van der Waals surface area contributed by atoms with Crippen LogP contribution in [0.25, 0.3) is 5.69 Å². The molecule has 0 aliphatic carbocycles. The fourth-order valence-corrected chi connectivity index (χ4v) is 3.24. The first-order chi connectivity index (χ1) is 13.9. The summed E-state index contributed by atoms with van der Waals surface area (Å²) in [5.41, 5.74) is 1.31. The molecule has 0 aliphatic rings. The Morgan fingerprint density at radius 1 is 1.21 bits per heavy atom. The van der Waals surface area contributed by atoms with E-state index >= 15 is 0 Å². The Balaban J connectivity index is 1.78. The topological polar surface area (TPSA) is 102 Å². The Kier molecular flexibility index (Phi) is 6.35. The fraction of sp³-hybridized carbons (Fsp3) is 0.167. The standard InChI is InChI=1S/C18H17ClN6O3S/c1-24(2)18(27)29-12-6-4-11(5-7-12)21-17(26)13-8-14(19)15(9-16(13)28-3)25-10-20-22-23-25/h4-10H,1-3H3,(H,21,26). The third-order valence-corrected chi connectivity index (χ3v) is 5.14. The highest BCUT2D eigenvalue weighted by atomic mass is 35.5. The van der Waals surface area contributed by atoms with Gasteiger partial charge in [-0.25, -0.2) is 0 Å². The molecule has 29 heavy (non-hydrogen) atoms. The van der Waals surface area contributed by atoms with Crippen molar-refractivity contribution in [1.82, 2.24) is 25.1 Å². The van der Waals surface area contributed by atoms with Crippen LogP contribution in [0.5, 0.6) is 5.75 Å². The number of methoxy groups -OCH3 is 1. The molecule has 0 saturated carbocycles. The molecule has 0 spiro atoms. The fourth-order valence-electron chi connectivity index (χ4n) is 2.33. The Morgan fingerprint density at radius 3 is 2.52 bits per heavy atom. The zero-order chi connectivity index (χ0) is 21.0. The van der Waals surface area contributed by atoms with Gasteiger partial charge < -0.3 is 15.0 Å². The number of rotatable bonds is 5. The first-order valence-electron chi connectivity index (χ1n) is 8.30. The van der Waals surface area contributed by atoms with Crippen molar-refractivity contribution in [2.24, 2.45) is 0 Å². The number of hydrogen-bond donors (Lipinski definition) is 1. The van der Waals surface area contributed by atoms with Gasteiger partial charge in [0.05, 0.1) is 23.4 Å². The predicted molar refractivity (Wildman–Crippen MR) is 110 cm³/mol. The minimum atomic E-state index is -0.392. The third-order valence-electron chi connectivity index (χ3n) is 3.79. The van der Waals surface area contributed by atoms with E-state index in [9.17, 15) is 9.59 Å². The molecule has 2 amide bonds. The highest BCUT2D eigenvalue weighted by molar-refractivity contribution is 8.13. The second-order valence-electron chi connectivity index (χ2n) is 6.00. The van der Waals surface area contributed by atoms with Crippen LogP contribution in [0.2, 0.25) is 5.02 Å². The lowest BCUT2D eigenvalue weighted by Crippen LogP contribution is -2.16. The van der Waals surface area contributed by atoms with Gasteiger partial charge in [-0.15, -0.1) is 5.10 Å².